The lowest BCUT2D eigenvalue weighted by molar-refractivity contribution is -0.127. The Balaban J connectivity index is 1.93. The molecule has 5 nitrogen and oxygen atoms in total. The molecule has 24 heavy (non-hydrogen) atoms. The lowest BCUT2D eigenvalue weighted by atomic mass is 10.2. The van der Waals surface area contributed by atoms with Crippen LogP contribution in [0.25, 0.3) is 0 Å². The van der Waals surface area contributed by atoms with Gasteiger partial charge in [-0.2, -0.15) is 0 Å². The number of hydrogen-bond donors (Lipinski definition) is 2. The number of rotatable bonds is 6. The molecule has 0 aromatic heterocycles. The van der Waals surface area contributed by atoms with Crippen molar-refractivity contribution in [2.24, 2.45) is 0 Å². The minimum atomic E-state index is -0.740. The van der Waals surface area contributed by atoms with Crippen molar-refractivity contribution in [2.45, 2.75) is 19.6 Å². The second kappa shape index (κ2) is 8.13. The Kier molecular flexibility index (Phi) is 6.17. The first kappa shape index (κ1) is 18.2. The molecule has 0 aliphatic heterocycles. The lowest BCUT2D eigenvalue weighted by Crippen LogP contribution is -2.35. The fourth-order valence-electron chi connectivity index (χ4n) is 1.99. The van der Waals surface area contributed by atoms with Crippen LogP contribution in [0, 0.1) is 0 Å². The minimum absolute atomic E-state index is 0.0153. The van der Waals surface area contributed by atoms with Gasteiger partial charge in [0.2, 0.25) is 0 Å². The molecule has 2 rings (SSSR count). The van der Waals surface area contributed by atoms with Crippen molar-refractivity contribution in [1.29, 1.82) is 0 Å². The van der Waals surface area contributed by atoms with Gasteiger partial charge >= 0.3 is 0 Å². The van der Waals surface area contributed by atoms with E-state index in [1.54, 1.807) is 37.3 Å². The zero-order valence-corrected chi connectivity index (χ0v) is 14.7. The molecule has 0 fully saturated rings. The van der Waals surface area contributed by atoms with Gasteiger partial charge in [-0.25, -0.2) is 0 Å². The average molecular weight is 370 g/mol. The van der Waals surface area contributed by atoms with E-state index >= 15 is 0 Å². The smallest absolute Gasteiger partial charge is 0.261 e. The highest BCUT2D eigenvalue weighted by Gasteiger charge is 2.16. The summed E-state index contributed by atoms with van der Waals surface area (Å²) in [5.41, 5.74) is 0.735. The normalized spacial score (nSPS) is 11.7. The zero-order valence-electron chi connectivity index (χ0n) is 13.2. The summed E-state index contributed by atoms with van der Waals surface area (Å²) in [5, 5.41) is 13.3. The van der Waals surface area contributed by atoms with Crippen LogP contribution in [-0.4, -0.2) is 24.2 Å². The van der Waals surface area contributed by atoms with E-state index in [2.05, 4.69) is 5.32 Å². The largest absolute Gasteiger partial charge is 0.504 e. The molecule has 0 spiro atoms. The van der Waals surface area contributed by atoms with E-state index in [0.29, 0.717) is 21.5 Å². The molecule has 2 N–H and O–H groups in total. The van der Waals surface area contributed by atoms with E-state index in [1.165, 1.54) is 13.2 Å². The Hall–Kier alpha value is -2.11. The van der Waals surface area contributed by atoms with Gasteiger partial charge < -0.3 is 19.9 Å². The number of carbonyl (C=O) groups excluding carboxylic acids is 1. The van der Waals surface area contributed by atoms with Gasteiger partial charge in [-0.3, -0.25) is 4.79 Å². The van der Waals surface area contributed by atoms with E-state index in [1.807, 2.05) is 0 Å². The number of hydrogen-bond acceptors (Lipinski definition) is 4. The summed E-state index contributed by atoms with van der Waals surface area (Å²) in [6.07, 6.45) is -0.740. The predicted molar refractivity (Wildman–Crippen MR) is 93.1 cm³/mol. The standard InChI is InChI=1S/C17H17Cl2NO4/c1-10(24-15-6-4-12(18)8-13(15)19)17(22)20-9-11-3-5-16(23-2)14(21)7-11/h3-8,10,21H,9H2,1-2H3,(H,20,22). The maximum absolute atomic E-state index is 12.1. The van der Waals surface area contributed by atoms with Crippen molar-refractivity contribution in [3.63, 3.8) is 0 Å². The van der Waals surface area contributed by atoms with Gasteiger partial charge in [-0.1, -0.05) is 29.3 Å². The summed E-state index contributed by atoms with van der Waals surface area (Å²) >= 11 is 11.8. The molecule has 0 aliphatic rings. The van der Waals surface area contributed by atoms with Crippen molar-refractivity contribution in [1.82, 2.24) is 5.32 Å². The highest BCUT2D eigenvalue weighted by Crippen LogP contribution is 2.28. The zero-order chi connectivity index (χ0) is 17.7. The molecular weight excluding hydrogens is 353 g/mol. The third kappa shape index (κ3) is 4.69. The second-order valence-corrected chi connectivity index (χ2v) is 5.90. The summed E-state index contributed by atoms with van der Waals surface area (Å²) in [6, 6.07) is 9.69. The first-order valence-corrected chi connectivity index (χ1v) is 7.91. The molecular formula is C17H17Cl2NO4. The molecule has 1 atom stereocenters. The van der Waals surface area contributed by atoms with Crippen molar-refractivity contribution in [3.8, 4) is 17.2 Å². The molecule has 0 aliphatic carbocycles. The molecule has 128 valence electrons. The number of benzene rings is 2. The molecule has 0 saturated carbocycles. The fraction of sp³-hybridized carbons (Fsp3) is 0.235. The molecule has 0 radical (unpaired) electrons. The molecule has 7 heteroatoms. The SMILES string of the molecule is COc1ccc(CNC(=O)C(C)Oc2ccc(Cl)cc2Cl)cc1O. The van der Waals surface area contributed by atoms with Gasteiger partial charge in [0.1, 0.15) is 5.75 Å². The lowest BCUT2D eigenvalue weighted by Gasteiger charge is -2.16. The maximum Gasteiger partial charge on any atom is 0.261 e. The number of carbonyl (C=O) groups is 1. The third-order valence-corrected chi connectivity index (χ3v) is 3.81. The summed E-state index contributed by atoms with van der Waals surface area (Å²) in [5.74, 6) is 0.461. The minimum Gasteiger partial charge on any atom is -0.504 e. The van der Waals surface area contributed by atoms with E-state index < -0.39 is 6.10 Å². The number of phenols is 1. The van der Waals surface area contributed by atoms with Crippen LogP contribution in [0.5, 0.6) is 17.2 Å². The van der Waals surface area contributed by atoms with Crippen molar-refractivity contribution in [2.75, 3.05) is 7.11 Å². The van der Waals surface area contributed by atoms with Crippen molar-refractivity contribution < 1.29 is 19.4 Å². The Morgan fingerprint density at radius 1 is 1.21 bits per heavy atom. The van der Waals surface area contributed by atoms with Gasteiger partial charge in [0, 0.05) is 11.6 Å². The number of aromatic hydroxyl groups is 1. The molecule has 2 aromatic rings. The first-order valence-electron chi connectivity index (χ1n) is 7.16. The molecule has 1 unspecified atom stereocenters. The fourth-order valence-corrected chi connectivity index (χ4v) is 2.45. The van der Waals surface area contributed by atoms with E-state index in [0.717, 1.165) is 5.56 Å². The van der Waals surface area contributed by atoms with Crippen LogP contribution < -0.4 is 14.8 Å². The molecule has 2 aromatic carbocycles. The van der Waals surface area contributed by atoms with Crippen LogP contribution in [0.4, 0.5) is 0 Å². The summed E-state index contributed by atoms with van der Waals surface area (Å²) < 4.78 is 10.5. The topological polar surface area (TPSA) is 67.8 Å². The van der Waals surface area contributed by atoms with Gasteiger partial charge in [0.15, 0.2) is 17.6 Å². The van der Waals surface area contributed by atoms with Crippen molar-refractivity contribution in [3.05, 3.63) is 52.0 Å². The number of methoxy groups -OCH3 is 1. The van der Waals surface area contributed by atoms with E-state index in [-0.39, 0.29) is 18.2 Å². The number of nitrogens with one attached hydrogen (secondary N) is 1. The quantitative estimate of drug-likeness (QED) is 0.812. The van der Waals surface area contributed by atoms with Crippen LogP contribution in [-0.2, 0) is 11.3 Å². The molecule has 1 amide bonds. The van der Waals surface area contributed by atoms with Crippen LogP contribution in [0.2, 0.25) is 10.0 Å². The number of amides is 1. The van der Waals surface area contributed by atoms with Crippen LogP contribution >= 0.6 is 23.2 Å². The monoisotopic (exact) mass is 369 g/mol. The second-order valence-electron chi connectivity index (χ2n) is 5.06. The van der Waals surface area contributed by atoms with E-state index in [4.69, 9.17) is 32.7 Å². The number of ether oxygens (including phenoxy) is 2. The maximum atomic E-state index is 12.1. The van der Waals surface area contributed by atoms with Crippen LogP contribution in [0.15, 0.2) is 36.4 Å². The van der Waals surface area contributed by atoms with Crippen LogP contribution in [0.1, 0.15) is 12.5 Å². The number of phenolic OH excluding ortho intramolecular Hbond substituents is 1. The number of halogens is 2. The summed E-state index contributed by atoms with van der Waals surface area (Å²) in [4.78, 5) is 12.1. The van der Waals surface area contributed by atoms with Crippen molar-refractivity contribution >= 4 is 29.1 Å². The molecule has 0 bridgehead atoms. The summed E-state index contributed by atoms with van der Waals surface area (Å²) in [6.45, 7) is 1.87. The van der Waals surface area contributed by atoms with Gasteiger partial charge in [-0.05, 0) is 42.8 Å². The first-order chi connectivity index (χ1) is 11.4. The predicted octanol–water partition coefficient (Wildman–Crippen LogP) is 3.79. The summed E-state index contributed by atoms with van der Waals surface area (Å²) in [7, 11) is 1.47. The molecule has 0 saturated heterocycles. The average Bonchev–Trinajstić information content (AvgIpc) is 2.55. The third-order valence-electron chi connectivity index (χ3n) is 3.28. The highest BCUT2D eigenvalue weighted by atomic mass is 35.5. The Labute approximate surface area is 150 Å². The Morgan fingerprint density at radius 3 is 2.54 bits per heavy atom. The van der Waals surface area contributed by atoms with E-state index in [9.17, 15) is 9.90 Å². The highest BCUT2D eigenvalue weighted by molar-refractivity contribution is 6.35. The Bertz CT molecular complexity index is 737. The van der Waals surface area contributed by atoms with Gasteiger partial charge in [-0.15, -0.1) is 0 Å². The van der Waals surface area contributed by atoms with Gasteiger partial charge in [0.05, 0.1) is 12.1 Å². The van der Waals surface area contributed by atoms with Crippen LogP contribution in [0.3, 0.4) is 0 Å². The molecule has 0 heterocycles. The van der Waals surface area contributed by atoms with Gasteiger partial charge in [0.25, 0.3) is 5.91 Å². The Morgan fingerprint density at radius 2 is 1.92 bits per heavy atom.